The summed E-state index contributed by atoms with van der Waals surface area (Å²) >= 11 is 0. The SMILES string of the molecule is CCN1CC(C(=O)NC(C)(C)c2nc3ccccc3n2C)CC1=O. The highest BCUT2D eigenvalue weighted by Crippen LogP contribution is 2.25. The molecule has 128 valence electrons. The number of nitrogens with one attached hydrogen (secondary N) is 1. The second-order valence-corrected chi connectivity index (χ2v) is 6.93. The Bertz CT molecular complexity index is 793. The van der Waals surface area contributed by atoms with Gasteiger partial charge in [0, 0.05) is 26.6 Å². The quantitative estimate of drug-likeness (QED) is 0.930. The van der Waals surface area contributed by atoms with Crippen molar-refractivity contribution in [1.29, 1.82) is 0 Å². The minimum atomic E-state index is -0.618. The number of carbonyl (C=O) groups is 2. The Morgan fingerprint density at radius 1 is 1.38 bits per heavy atom. The first-order valence-corrected chi connectivity index (χ1v) is 8.35. The molecule has 1 unspecified atom stereocenters. The van der Waals surface area contributed by atoms with Gasteiger partial charge >= 0.3 is 0 Å². The summed E-state index contributed by atoms with van der Waals surface area (Å²) < 4.78 is 2.01. The molecule has 0 saturated carbocycles. The average Bonchev–Trinajstić information content (AvgIpc) is 3.08. The van der Waals surface area contributed by atoms with E-state index in [-0.39, 0.29) is 24.2 Å². The Morgan fingerprint density at radius 3 is 2.71 bits per heavy atom. The van der Waals surface area contributed by atoms with Crippen LogP contribution < -0.4 is 5.32 Å². The molecule has 1 aliphatic rings. The fourth-order valence-corrected chi connectivity index (χ4v) is 3.42. The second-order valence-electron chi connectivity index (χ2n) is 6.93. The number of likely N-dealkylation sites (tertiary alicyclic amines) is 1. The lowest BCUT2D eigenvalue weighted by atomic mass is 10.0. The number of para-hydroxylation sites is 2. The largest absolute Gasteiger partial charge is 0.344 e. The van der Waals surface area contributed by atoms with Crippen LogP contribution in [0, 0.1) is 5.92 Å². The van der Waals surface area contributed by atoms with Gasteiger partial charge in [-0.05, 0) is 32.9 Å². The van der Waals surface area contributed by atoms with E-state index in [0.29, 0.717) is 13.1 Å². The maximum atomic E-state index is 12.6. The van der Waals surface area contributed by atoms with Gasteiger partial charge in [0.25, 0.3) is 0 Å². The molecule has 24 heavy (non-hydrogen) atoms. The molecule has 0 aliphatic carbocycles. The third-order valence-corrected chi connectivity index (χ3v) is 4.75. The zero-order chi connectivity index (χ0) is 17.5. The first kappa shape index (κ1) is 16.5. The molecule has 2 aromatic rings. The summed E-state index contributed by atoms with van der Waals surface area (Å²) in [5.41, 5.74) is 1.32. The van der Waals surface area contributed by atoms with E-state index in [1.807, 2.05) is 56.7 Å². The summed E-state index contributed by atoms with van der Waals surface area (Å²) in [6.45, 7) is 6.97. The number of hydrogen-bond acceptors (Lipinski definition) is 3. The van der Waals surface area contributed by atoms with Gasteiger partial charge in [-0.3, -0.25) is 9.59 Å². The van der Waals surface area contributed by atoms with Crippen LogP contribution in [0.1, 0.15) is 33.0 Å². The standard InChI is InChI=1S/C18H24N4O2/c1-5-22-11-12(10-15(22)23)16(24)20-18(2,3)17-19-13-8-6-7-9-14(13)21(17)4/h6-9,12H,5,10-11H2,1-4H3,(H,20,24). The summed E-state index contributed by atoms with van der Waals surface area (Å²) in [7, 11) is 1.95. The summed E-state index contributed by atoms with van der Waals surface area (Å²) in [5, 5.41) is 3.08. The first-order valence-electron chi connectivity index (χ1n) is 8.35. The fourth-order valence-electron chi connectivity index (χ4n) is 3.42. The molecule has 1 aromatic heterocycles. The Balaban J connectivity index is 1.81. The van der Waals surface area contributed by atoms with Crippen molar-refractivity contribution in [2.45, 2.75) is 32.7 Å². The van der Waals surface area contributed by atoms with E-state index in [1.165, 1.54) is 0 Å². The number of aromatic nitrogens is 2. The number of fused-ring (bicyclic) bond motifs is 1. The van der Waals surface area contributed by atoms with Crippen LogP contribution in [-0.2, 0) is 22.2 Å². The molecule has 1 N–H and O–H groups in total. The van der Waals surface area contributed by atoms with Crippen molar-refractivity contribution >= 4 is 22.8 Å². The molecule has 1 aromatic carbocycles. The van der Waals surface area contributed by atoms with Crippen LogP contribution in [0.25, 0.3) is 11.0 Å². The van der Waals surface area contributed by atoms with Crippen LogP contribution in [0.4, 0.5) is 0 Å². The highest BCUT2D eigenvalue weighted by Gasteiger charge is 2.37. The summed E-state index contributed by atoms with van der Waals surface area (Å²) in [6, 6.07) is 7.90. The minimum Gasteiger partial charge on any atom is -0.344 e. The van der Waals surface area contributed by atoms with Gasteiger partial charge in [0.15, 0.2) is 0 Å². The Kier molecular flexibility index (Phi) is 4.07. The number of benzene rings is 1. The average molecular weight is 328 g/mol. The predicted octanol–water partition coefficient (Wildman–Crippen LogP) is 1.79. The van der Waals surface area contributed by atoms with Crippen LogP contribution in [0.2, 0.25) is 0 Å². The van der Waals surface area contributed by atoms with Crippen molar-refractivity contribution in [3.8, 4) is 0 Å². The number of nitrogens with zero attached hydrogens (tertiary/aromatic N) is 3. The van der Waals surface area contributed by atoms with E-state index < -0.39 is 5.54 Å². The van der Waals surface area contributed by atoms with Crippen molar-refractivity contribution in [2.24, 2.45) is 13.0 Å². The Hall–Kier alpha value is -2.37. The molecule has 1 saturated heterocycles. The van der Waals surface area contributed by atoms with E-state index in [4.69, 9.17) is 0 Å². The lowest BCUT2D eigenvalue weighted by Gasteiger charge is -2.27. The molecule has 3 rings (SSSR count). The van der Waals surface area contributed by atoms with Crippen LogP contribution in [-0.4, -0.2) is 39.4 Å². The van der Waals surface area contributed by atoms with E-state index in [0.717, 1.165) is 16.9 Å². The van der Waals surface area contributed by atoms with Crippen molar-refractivity contribution in [2.75, 3.05) is 13.1 Å². The lowest BCUT2D eigenvalue weighted by Crippen LogP contribution is -2.46. The minimum absolute atomic E-state index is 0.0539. The fraction of sp³-hybridized carbons (Fsp3) is 0.500. The van der Waals surface area contributed by atoms with Crippen LogP contribution in [0.3, 0.4) is 0 Å². The molecule has 1 atom stereocenters. The van der Waals surface area contributed by atoms with E-state index in [2.05, 4.69) is 10.3 Å². The zero-order valence-electron chi connectivity index (χ0n) is 14.7. The van der Waals surface area contributed by atoms with Crippen molar-refractivity contribution < 1.29 is 9.59 Å². The third kappa shape index (κ3) is 2.77. The lowest BCUT2D eigenvalue weighted by molar-refractivity contribution is -0.129. The second kappa shape index (κ2) is 5.92. The van der Waals surface area contributed by atoms with Gasteiger partial charge in [0.2, 0.25) is 11.8 Å². The maximum Gasteiger partial charge on any atom is 0.226 e. The molecule has 6 heteroatoms. The number of rotatable bonds is 4. The predicted molar refractivity (Wildman–Crippen MR) is 92.2 cm³/mol. The number of hydrogen-bond donors (Lipinski definition) is 1. The molecule has 2 amide bonds. The molecule has 0 bridgehead atoms. The van der Waals surface area contributed by atoms with Gasteiger partial charge in [-0.15, -0.1) is 0 Å². The Morgan fingerprint density at radius 2 is 2.08 bits per heavy atom. The van der Waals surface area contributed by atoms with Crippen molar-refractivity contribution in [3.63, 3.8) is 0 Å². The first-order chi connectivity index (χ1) is 11.3. The van der Waals surface area contributed by atoms with E-state index in [1.54, 1.807) is 4.90 Å². The molecular weight excluding hydrogens is 304 g/mol. The van der Waals surface area contributed by atoms with Crippen molar-refractivity contribution in [1.82, 2.24) is 19.8 Å². The highest BCUT2D eigenvalue weighted by atomic mass is 16.2. The third-order valence-electron chi connectivity index (χ3n) is 4.75. The summed E-state index contributed by atoms with van der Waals surface area (Å²) in [5.74, 6) is 0.481. The van der Waals surface area contributed by atoms with Gasteiger partial charge in [-0.1, -0.05) is 12.1 Å². The van der Waals surface area contributed by atoms with Gasteiger partial charge in [-0.25, -0.2) is 4.98 Å². The zero-order valence-corrected chi connectivity index (χ0v) is 14.7. The monoisotopic (exact) mass is 328 g/mol. The van der Waals surface area contributed by atoms with Crippen LogP contribution in [0.15, 0.2) is 24.3 Å². The molecule has 2 heterocycles. The topological polar surface area (TPSA) is 67.2 Å². The summed E-state index contributed by atoms with van der Waals surface area (Å²) in [4.78, 5) is 30.9. The molecule has 0 spiro atoms. The number of carbonyl (C=O) groups excluding carboxylic acids is 2. The number of amides is 2. The van der Waals surface area contributed by atoms with Crippen molar-refractivity contribution in [3.05, 3.63) is 30.1 Å². The van der Waals surface area contributed by atoms with Gasteiger partial charge in [0.05, 0.1) is 22.5 Å². The van der Waals surface area contributed by atoms with E-state index >= 15 is 0 Å². The smallest absolute Gasteiger partial charge is 0.226 e. The van der Waals surface area contributed by atoms with Crippen LogP contribution in [0.5, 0.6) is 0 Å². The van der Waals surface area contributed by atoms with Gasteiger partial charge in [-0.2, -0.15) is 0 Å². The van der Waals surface area contributed by atoms with Gasteiger partial charge in [0.1, 0.15) is 5.82 Å². The highest BCUT2D eigenvalue weighted by molar-refractivity contribution is 5.89. The molecule has 1 fully saturated rings. The molecule has 0 radical (unpaired) electrons. The van der Waals surface area contributed by atoms with Crippen LogP contribution >= 0.6 is 0 Å². The van der Waals surface area contributed by atoms with E-state index in [9.17, 15) is 9.59 Å². The number of aryl methyl sites for hydroxylation is 1. The normalized spacial score (nSPS) is 18.4. The van der Waals surface area contributed by atoms with Gasteiger partial charge < -0.3 is 14.8 Å². The summed E-state index contributed by atoms with van der Waals surface area (Å²) in [6.07, 6.45) is 0.290. The maximum absolute atomic E-state index is 12.6. The molecular formula is C18H24N4O2. The molecule has 1 aliphatic heterocycles. The molecule has 6 nitrogen and oxygen atoms in total. The Labute approximate surface area is 141 Å². The number of imidazole rings is 1.